The number of nitrogens with zero attached hydrogens (tertiary/aromatic N) is 2. The number of benzene rings is 3. The Hall–Kier alpha value is -3.74. The van der Waals surface area contributed by atoms with Crippen molar-refractivity contribution in [2.24, 2.45) is 0 Å². The van der Waals surface area contributed by atoms with Gasteiger partial charge in [-0.2, -0.15) is 0 Å². The fraction of sp³-hybridized carbons (Fsp3) is 0.0909. The average Bonchev–Trinajstić information content (AvgIpc) is 3.07. The molecule has 5 nitrogen and oxygen atoms in total. The number of fused-ring (bicyclic) bond motifs is 1. The molecule has 0 unspecified atom stereocenters. The maximum absolute atomic E-state index is 13.8. The Morgan fingerprint density at radius 1 is 0.966 bits per heavy atom. The van der Waals surface area contributed by atoms with Crippen LogP contribution in [0.25, 0.3) is 11.0 Å². The third kappa shape index (κ3) is 4.24. The molecule has 0 spiro atoms. The minimum absolute atomic E-state index is 0.0698. The first-order valence-electron chi connectivity index (χ1n) is 9.08. The van der Waals surface area contributed by atoms with Gasteiger partial charge in [-0.3, -0.25) is 4.79 Å². The van der Waals surface area contributed by atoms with Gasteiger partial charge < -0.3 is 15.2 Å². The summed E-state index contributed by atoms with van der Waals surface area (Å²) in [6.45, 7) is 0.465. The summed E-state index contributed by atoms with van der Waals surface area (Å²) in [5.74, 6) is -1.43. The smallest absolute Gasteiger partial charge is 0.244 e. The largest absolute Gasteiger partial charge is 0.352 e. The molecule has 146 valence electrons. The number of aromatic nitrogens is 2. The lowest BCUT2D eigenvalue weighted by molar-refractivity contribution is -0.116. The number of carbonyl (C=O) groups excluding carboxylic acids is 1. The summed E-state index contributed by atoms with van der Waals surface area (Å²) in [4.78, 5) is 17.1. The molecule has 0 fully saturated rings. The van der Waals surface area contributed by atoms with Gasteiger partial charge in [0, 0.05) is 12.6 Å². The fourth-order valence-corrected chi connectivity index (χ4v) is 3.07. The van der Waals surface area contributed by atoms with Gasteiger partial charge in [-0.15, -0.1) is 0 Å². The van der Waals surface area contributed by atoms with Gasteiger partial charge in [0.15, 0.2) is 0 Å². The number of imidazole rings is 1. The van der Waals surface area contributed by atoms with Crippen molar-refractivity contribution < 1.29 is 13.6 Å². The maximum Gasteiger partial charge on any atom is 0.244 e. The van der Waals surface area contributed by atoms with Crippen LogP contribution in [0.4, 0.5) is 20.4 Å². The SMILES string of the molecule is O=C(Cn1c(NCc2ccccc2)nc2ccccc21)Nc1ccc(F)cc1F. The van der Waals surface area contributed by atoms with Crippen LogP contribution in [0, 0.1) is 11.6 Å². The van der Waals surface area contributed by atoms with E-state index in [4.69, 9.17) is 0 Å². The van der Waals surface area contributed by atoms with Crippen LogP contribution < -0.4 is 10.6 Å². The molecule has 0 saturated carbocycles. The van der Waals surface area contributed by atoms with Gasteiger partial charge >= 0.3 is 0 Å². The van der Waals surface area contributed by atoms with E-state index in [1.54, 1.807) is 4.57 Å². The highest BCUT2D eigenvalue weighted by Crippen LogP contribution is 2.21. The van der Waals surface area contributed by atoms with Crippen LogP contribution in [-0.2, 0) is 17.9 Å². The number of halogens is 2. The van der Waals surface area contributed by atoms with Crippen LogP contribution in [0.15, 0.2) is 72.8 Å². The van der Waals surface area contributed by atoms with Gasteiger partial charge in [0.05, 0.1) is 16.7 Å². The summed E-state index contributed by atoms with van der Waals surface area (Å²) >= 11 is 0. The van der Waals surface area contributed by atoms with Crippen LogP contribution in [0.2, 0.25) is 0 Å². The third-order valence-electron chi connectivity index (χ3n) is 4.45. The molecule has 0 atom stereocenters. The Balaban J connectivity index is 1.57. The summed E-state index contributed by atoms with van der Waals surface area (Å²) in [7, 11) is 0. The normalized spacial score (nSPS) is 10.8. The molecule has 29 heavy (non-hydrogen) atoms. The molecule has 0 radical (unpaired) electrons. The molecule has 0 aliphatic rings. The molecular weight excluding hydrogens is 374 g/mol. The number of carbonyl (C=O) groups is 1. The number of hydrogen-bond acceptors (Lipinski definition) is 3. The second-order valence-corrected chi connectivity index (χ2v) is 6.52. The Bertz CT molecular complexity index is 1160. The van der Waals surface area contributed by atoms with Gasteiger partial charge in [-0.1, -0.05) is 42.5 Å². The van der Waals surface area contributed by atoms with E-state index in [1.165, 1.54) is 6.07 Å². The summed E-state index contributed by atoms with van der Waals surface area (Å²) < 4.78 is 28.6. The van der Waals surface area contributed by atoms with Crippen molar-refractivity contribution in [3.63, 3.8) is 0 Å². The Kier molecular flexibility index (Phi) is 5.20. The van der Waals surface area contributed by atoms with Crippen LogP contribution in [0.1, 0.15) is 5.56 Å². The first-order chi connectivity index (χ1) is 14.1. The third-order valence-corrected chi connectivity index (χ3v) is 4.45. The number of anilines is 2. The molecule has 3 aromatic carbocycles. The highest BCUT2D eigenvalue weighted by molar-refractivity contribution is 5.92. The van der Waals surface area contributed by atoms with E-state index in [9.17, 15) is 13.6 Å². The molecule has 1 amide bonds. The summed E-state index contributed by atoms with van der Waals surface area (Å²) in [6, 6.07) is 20.3. The zero-order valence-electron chi connectivity index (χ0n) is 15.4. The van der Waals surface area contributed by atoms with Gasteiger partial charge in [-0.05, 0) is 29.8 Å². The molecule has 1 heterocycles. The van der Waals surface area contributed by atoms with Crippen LogP contribution >= 0.6 is 0 Å². The van der Waals surface area contributed by atoms with E-state index in [0.29, 0.717) is 12.5 Å². The molecule has 0 aliphatic carbocycles. The van der Waals surface area contributed by atoms with Crippen molar-refractivity contribution in [2.75, 3.05) is 10.6 Å². The molecule has 2 N–H and O–H groups in total. The number of rotatable bonds is 6. The Morgan fingerprint density at radius 2 is 1.72 bits per heavy atom. The topological polar surface area (TPSA) is 59.0 Å². The molecule has 0 bridgehead atoms. The predicted octanol–water partition coefficient (Wildman–Crippen LogP) is 4.57. The minimum atomic E-state index is -0.823. The fourth-order valence-electron chi connectivity index (χ4n) is 3.07. The second kappa shape index (κ2) is 8.10. The van der Waals surface area contributed by atoms with E-state index in [1.807, 2.05) is 54.6 Å². The van der Waals surface area contributed by atoms with Crippen LogP contribution in [0.5, 0.6) is 0 Å². The van der Waals surface area contributed by atoms with Crippen molar-refractivity contribution in [2.45, 2.75) is 13.1 Å². The molecule has 7 heteroatoms. The molecule has 1 aromatic heterocycles. The zero-order valence-corrected chi connectivity index (χ0v) is 15.4. The Labute approximate surface area is 166 Å². The van der Waals surface area contributed by atoms with Gasteiger partial charge in [0.1, 0.15) is 18.2 Å². The summed E-state index contributed by atoms with van der Waals surface area (Å²) in [5, 5.41) is 5.74. The van der Waals surface area contributed by atoms with Crippen molar-refractivity contribution in [3.05, 3.63) is 90.0 Å². The number of amides is 1. The lowest BCUT2D eigenvalue weighted by Crippen LogP contribution is -2.21. The lowest BCUT2D eigenvalue weighted by Gasteiger charge is -2.12. The highest BCUT2D eigenvalue weighted by Gasteiger charge is 2.15. The summed E-state index contributed by atoms with van der Waals surface area (Å²) in [6.07, 6.45) is 0. The zero-order chi connectivity index (χ0) is 20.2. The summed E-state index contributed by atoms with van der Waals surface area (Å²) in [5.41, 5.74) is 2.52. The average molecular weight is 392 g/mol. The predicted molar refractivity (Wildman–Crippen MR) is 108 cm³/mol. The van der Waals surface area contributed by atoms with Gasteiger partial charge in [0.25, 0.3) is 0 Å². The number of para-hydroxylation sites is 2. The molecule has 4 aromatic rings. The molecule has 0 aliphatic heterocycles. The van der Waals surface area contributed by atoms with E-state index < -0.39 is 17.5 Å². The molecule has 4 rings (SSSR count). The quantitative estimate of drug-likeness (QED) is 0.506. The first-order valence-corrected chi connectivity index (χ1v) is 9.08. The maximum atomic E-state index is 13.8. The van der Waals surface area contributed by atoms with Crippen LogP contribution in [-0.4, -0.2) is 15.5 Å². The molecule has 0 saturated heterocycles. The first kappa shape index (κ1) is 18.6. The molecular formula is C22H18F2N4O. The lowest BCUT2D eigenvalue weighted by atomic mass is 10.2. The van der Waals surface area contributed by atoms with Crippen molar-refractivity contribution in [1.82, 2.24) is 9.55 Å². The van der Waals surface area contributed by atoms with Crippen LogP contribution in [0.3, 0.4) is 0 Å². The Morgan fingerprint density at radius 3 is 2.52 bits per heavy atom. The van der Waals surface area contributed by atoms with E-state index in [2.05, 4.69) is 15.6 Å². The van der Waals surface area contributed by atoms with Crippen molar-refractivity contribution in [1.29, 1.82) is 0 Å². The van der Waals surface area contributed by atoms with E-state index in [-0.39, 0.29) is 12.2 Å². The van der Waals surface area contributed by atoms with Gasteiger partial charge in [0.2, 0.25) is 11.9 Å². The van der Waals surface area contributed by atoms with Gasteiger partial charge in [-0.25, -0.2) is 13.8 Å². The van der Waals surface area contributed by atoms with E-state index >= 15 is 0 Å². The highest BCUT2D eigenvalue weighted by atomic mass is 19.1. The monoisotopic (exact) mass is 392 g/mol. The van der Waals surface area contributed by atoms with E-state index in [0.717, 1.165) is 28.7 Å². The van der Waals surface area contributed by atoms with Crippen molar-refractivity contribution >= 4 is 28.6 Å². The van der Waals surface area contributed by atoms with Crippen molar-refractivity contribution in [3.8, 4) is 0 Å². The minimum Gasteiger partial charge on any atom is -0.352 e. The second-order valence-electron chi connectivity index (χ2n) is 6.52. The number of hydrogen-bond donors (Lipinski definition) is 2. The standard InChI is InChI=1S/C22H18F2N4O/c23-16-10-11-18(17(24)12-16)26-21(29)14-28-20-9-5-4-8-19(20)27-22(28)25-13-15-6-2-1-3-7-15/h1-12H,13-14H2,(H,25,27)(H,26,29). The number of nitrogens with one attached hydrogen (secondary N) is 2.